The van der Waals surface area contributed by atoms with Gasteiger partial charge >= 0.3 is 0 Å². The number of nitrogens with one attached hydrogen (secondary N) is 1. The number of hydrogen-bond acceptors (Lipinski definition) is 2. The summed E-state index contributed by atoms with van der Waals surface area (Å²) < 4.78 is 5.37. The molecule has 0 fully saturated rings. The van der Waals surface area contributed by atoms with Crippen LogP contribution in [0.5, 0.6) is 5.75 Å². The Morgan fingerprint density at radius 2 is 1.95 bits per heavy atom. The van der Waals surface area contributed by atoms with Crippen molar-refractivity contribution in [1.29, 1.82) is 0 Å². The number of ether oxygens (including phenoxy) is 1. The molecule has 1 N–H and O–H groups in total. The van der Waals surface area contributed by atoms with Gasteiger partial charge in [0, 0.05) is 16.8 Å². The molecule has 0 spiro atoms. The summed E-state index contributed by atoms with van der Waals surface area (Å²) in [6, 6.07) is 13.0. The lowest BCUT2D eigenvalue weighted by atomic mass is 10.2. The highest BCUT2D eigenvalue weighted by Gasteiger charge is 2.01. The van der Waals surface area contributed by atoms with E-state index >= 15 is 0 Å². The molecule has 114 valence electrons. The minimum absolute atomic E-state index is 0.200. The summed E-state index contributed by atoms with van der Waals surface area (Å²) >= 11 is 6.03. The first-order valence-corrected chi connectivity index (χ1v) is 7.44. The summed E-state index contributed by atoms with van der Waals surface area (Å²) in [7, 11) is 0. The number of carbonyl (C=O) groups excluding carboxylic acids is 1. The first-order chi connectivity index (χ1) is 10.6. The highest BCUT2D eigenvalue weighted by atomic mass is 35.5. The number of hydrogen-bond donors (Lipinski definition) is 1. The molecule has 2 aromatic carbocycles. The Bertz CT molecular complexity index is 678. The van der Waals surface area contributed by atoms with Gasteiger partial charge in [0.2, 0.25) is 5.91 Å². The van der Waals surface area contributed by atoms with Gasteiger partial charge in [-0.1, -0.05) is 29.8 Å². The van der Waals surface area contributed by atoms with E-state index in [2.05, 4.69) is 5.32 Å². The molecule has 0 aliphatic carbocycles. The van der Waals surface area contributed by atoms with E-state index in [4.69, 9.17) is 16.3 Å². The van der Waals surface area contributed by atoms with Crippen molar-refractivity contribution in [3.8, 4) is 5.75 Å². The molecule has 0 atom stereocenters. The van der Waals surface area contributed by atoms with Crippen LogP contribution >= 0.6 is 11.6 Å². The van der Waals surface area contributed by atoms with Gasteiger partial charge in [0.05, 0.1) is 6.61 Å². The lowest BCUT2D eigenvalue weighted by Gasteiger charge is -2.04. The van der Waals surface area contributed by atoms with E-state index in [1.165, 1.54) is 6.08 Å². The number of benzene rings is 2. The summed E-state index contributed by atoms with van der Waals surface area (Å²) in [6.07, 6.45) is 3.24. The van der Waals surface area contributed by atoms with Crippen LogP contribution < -0.4 is 10.1 Å². The number of halogens is 1. The van der Waals surface area contributed by atoms with Crippen LogP contribution in [-0.2, 0) is 4.79 Å². The maximum absolute atomic E-state index is 11.9. The normalized spacial score (nSPS) is 10.7. The highest BCUT2D eigenvalue weighted by Crippen LogP contribution is 2.20. The second kappa shape index (κ2) is 7.66. The lowest BCUT2D eigenvalue weighted by Crippen LogP contribution is -2.07. The van der Waals surface area contributed by atoms with Gasteiger partial charge in [0.1, 0.15) is 5.75 Å². The van der Waals surface area contributed by atoms with Crippen LogP contribution in [0.2, 0.25) is 5.02 Å². The monoisotopic (exact) mass is 315 g/mol. The van der Waals surface area contributed by atoms with Crippen molar-refractivity contribution in [3.63, 3.8) is 0 Å². The van der Waals surface area contributed by atoms with E-state index in [0.29, 0.717) is 17.3 Å². The number of anilines is 1. The third kappa shape index (κ3) is 4.64. The number of aryl methyl sites for hydroxylation is 1. The molecule has 0 bridgehead atoms. The van der Waals surface area contributed by atoms with Crippen LogP contribution in [0.4, 0.5) is 5.69 Å². The van der Waals surface area contributed by atoms with E-state index in [0.717, 1.165) is 16.9 Å². The first kappa shape index (κ1) is 16.1. The Balaban J connectivity index is 1.97. The quantitative estimate of drug-likeness (QED) is 0.812. The van der Waals surface area contributed by atoms with Gasteiger partial charge in [0.25, 0.3) is 0 Å². The summed E-state index contributed by atoms with van der Waals surface area (Å²) in [5, 5.41) is 3.41. The van der Waals surface area contributed by atoms with Crippen molar-refractivity contribution in [2.45, 2.75) is 13.8 Å². The van der Waals surface area contributed by atoms with Crippen LogP contribution in [0.1, 0.15) is 18.1 Å². The molecule has 0 radical (unpaired) electrons. The van der Waals surface area contributed by atoms with Crippen LogP contribution in [0, 0.1) is 6.92 Å². The number of amides is 1. The van der Waals surface area contributed by atoms with Gasteiger partial charge in [-0.05, 0) is 55.3 Å². The molecule has 1 amide bonds. The molecule has 2 rings (SSSR count). The fourth-order valence-electron chi connectivity index (χ4n) is 1.87. The molecular weight excluding hydrogens is 298 g/mol. The van der Waals surface area contributed by atoms with Gasteiger partial charge < -0.3 is 10.1 Å². The Morgan fingerprint density at radius 3 is 2.59 bits per heavy atom. The first-order valence-electron chi connectivity index (χ1n) is 7.06. The molecule has 0 unspecified atom stereocenters. The molecule has 0 saturated heterocycles. The van der Waals surface area contributed by atoms with Gasteiger partial charge in [-0.2, -0.15) is 0 Å². The maximum atomic E-state index is 11.9. The molecule has 0 aromatic heterocycles. The van der Waals surface area contributed by atoms with E-state index in [1.807, 2.05) is 50.2 Å². The standard InChI is InChI=1S/C18H18ClNO2/c1-3-22-16-9-5-14(6-10-16)7-11-18(21)20-15-8-4-13(2)17(19)12-15/h4-12H,3H2,1-2H3,(H,20,21). The van der Waals surface area contributed by atoms with Gasteiger partial charge in [0.15, 0.2) is 0 Å². The van der Waals surface area contributed by atoms with Crippen molar-refractivity contribution in [2.24, 2.45) is 0 Å². The maximum Gasteiger partial charge on any atom is 0.248 e. The summed E-state index contributed by atoms with van der Waals surface area (Å²) in [5.41, 5.74) is 2.59. The smallest absolute Gasteiger partial charge is 0.248 e. The Labute approximate surface area is 135 Å². The van der Waals surface area contributed by atoms with Crippen molar-refractivity contribution >= 4 is 29.3 Å². The predicted octanol–water partition coefficient (Wildman–Crippen LogP) is 4.70. The van der Waals surface area contributed by atoms with E-state index < -0.39 is 0 Å². The average Bonchev–Trinajstić information content (AvgIpc) is 2.51. The summed E-state index contributed by atoms with van der Waals surface area (Å²) in [6.45, 7) is 4.49. The minimum Gasteiger partial charge on any atom is -0.494 e. The van der Waals surface area contributed by atoms with E-state index in [1.54, 1.807) is 12.1 Å². The Morgan fingerprint density at radius 1 is 1.23 bits per heavy atom. The predicted molar refractivity (Wildman–Crippen MR) is 91.5 cm³/mol. The van der Waals surface area contributed by atoms with Crippen molar-refractivity contribution in [3.05, 3.63) is 64.7 Å². The van der Waals surface area contributed by atoms with E-state index in [9.17, 15) is 4.79 Å². The molecule has 0 heterocycles. The third-order valence-electron chi connectivity index (χ3n) is 3.06. The fourth-order valence-corrected chi connectivity index (χ4v) is 2.05. The van der Waals surface area contributed by atoms with E-state index in [-0.39, 0.29) is 5.91 Å². The molecule has 22 heavy (non-hydrogen) atoms. The van der Waals surface area contributed by atoms with Crippen molar-refractivity contribution in [2.75, 3.05) is 11.9 Å². The van der Waals surface area contributed by atoms with Gasteiger partial charge in [-0.25, -0.2) is 0 Å². The molecule has 2 aromatic rings. The van der Waals surface area contributed by atoms with Crippen molar-refractivity contribution in [1.82, 2.24) is 0 Å². The van der Waals surface area contributed by atoms with Gasteiger partial charge in [-0.15, -0.1) is 0 Å². The van der Waals surface area contributed by atoms with Crippen LogP contribution in [-0.4, -0.2) is 12.5 Å². The number of rotatable bonds is 5. The molecular formula is C18H18ClNO2. The summed E-state index contributed by atoms with van der Waals surface area (Å²) in [5.74, 6) is 0.618. The molecule has 0 aliphatic heterocycles. The zero-order valence-electron chi connectivity index (χ0n) is 12.6. The summed E-state index contributed by atoms with van der Waals surface area (Å²) in [4.78, 5) is 11.9. The molecule has 0 aliphatic rings. The van der Waals surface area contributed by atoms with Gasteiger partial charge in [-0.3, -0.25) is 4.79 Å². The van der Waals surface area contributed by atoms with Crippen LogP contribution in [0.25, 0.3) is 6.08 Å². The largest absolute Gasteiger partial charge is 0.494 e. The molecule has 3 nitrogen and oxygen atoms in total. The Hall–Kier alpha value is -2.26. The second-order valence-corrected chi connectivity index (χ2v) is 5.20. The number of carbonyl (C=O) groups is 1. The minimum atomic E-state index is -0.200. The molecule has 0 saturated carbocycles. The SMILES string of the molecule is CCOc1ccc(C=CC(=O)Nc2ccc(C)c(Cl)c2)cc1. The zero-order valence-corrected chi connectivity index (χ0v) is 13.4. The Kier molecular flexibility index (Phi) is 5.61. The van der Waals surface area contributed by atoms with Crippen LogP contribution in [0.3, 0.4) is 0 Å². The molecule has 4 heteroatoms. The zero-order chi connectivity index (χ0) is 15.9. The second-order valence-electron chi connectivity index (χ2n) is 4.79. The lowest BCUT2D eigenvalue weighted by molar-refractivity contribution is -0.111. The topological polar surface area (TPSA) is 38.3 Å². The van der Waals surface area contributed by atoms with Crippen LogP contribution in [0.15, 0.2) is 48.5 Å². The fraction of sp³-hybridized carbons (Fsp3) is 0.167. The van der Waals surface area contributed by atoms with Crippen molar-refractivity contribution < 1.29 is 9.53 Å². The highest BCUT2D eigenvalue weighted by molar-refractivity contribution is 6.31. The third-order valence-corrected chi connectivity index (χ3v) is 3.46. The average molecular weight is 316 g/mol.